The van der Waals surface area contributed by atoms with Gasteiger partial charge in [-0.25, -0.2) is 0 Å². The molecule has 0 atom stereocenters. The van der Waals surface area contributed by atoms with Crippen molar-refractivity contribution in [3.63, 3.8) is 0 Å². The lowest BCUT2D eigenvalue weighted by Gasteiger charge is -2.13. The van der Waals surface area contributed by atoms with Crippen LogP contribution in [-0.4, -0.2) is 10.1 Å². The van der Waals surface area contributed by atoms with E-state index in [2.05, 4.69) is 16.4 Å². The maximum atomic E-state index is 9.86. The molecule has 1 aromatic heterocycles. The molecule has 4 N–H and O–H groups in total. The third kappa shape index (κ3) is 2.82. The van der Waals surface area contributed by atoms with Gasteiger partial charge in [0.2, 0.25) is 0 Å². The molecular weight excluding hydrogens is 335 g/mol. The second-order valence-electron chi connectivity index (χ2n) is 4.84. The third-order valence-corrected chi connectivity index (χ3v) is 3.88. The number of phenols is 1. The summed E-state index contributed by atoms with van der Waals surface area (Å²) < 4.78 is 0. The minimum Gasteiger partial charge on any atom is -0.506 e. The van der Waals surface area contributed by atoms with Gasteiger partial charge in [0, 0.05) is 16.6 Å². The molecule has 0 radical (unpaired) electrons. The van der Waals surface area contributed by atoms with Crippen LogP contribution in [0.5, 0.6) is 5.75 Å². The highest BCUT2D eigenvalue weighted by atomic mass is 35.5. The van der Waals surface area contributed by atoms with E-state index in [0.29, 0.717) is 37.9 Å². The van der Waals surface area contributed by atoms with Gasteiger partial charge in [0.1, 0.15) is 11.8 Å². The number of hydrogen-bond acceptors (Lipinski definition) is 5. The van der Waals surface area contributed by atoms with Crippen molar-refractivity contribution in [2.45, 2.75) is 0 Å². The van der Waals surface area contributed by atoms with Gasteiger partial charge in [-0.2, -0.15) is 5.26 Å². The van der Waals surface area contributed by atoms with Gasteiger partial charge in [0.25, 0.3) is 0 Å². The number of fused-ring (bicyclic) bond motifs is 1. The van der Waals surface area contributed by atoms with Gasteiger partial charge >= 0.3 is 0 Å². The van der Waals surface area contributed by atoms with Crippen molar-refractivity contribution in [3.05, 3.63) is 52.1 Å². The van der Waals surface area contributed by atoms with Crippen LogP contribution in [0, 0.1) is 11.3 Å². The van der Waals surface area contributed by atoms with Crippen LogP contribution in [-0.2, 0) is 0 Å². The van der Waals surface area contributed by atoms with Gasteiger partial charge in [-0.05, 0) is 30.3 Å². The third-order valence-electron chi connectivity index (χ3n) is 3.33. The number of nitrogens with zero attached hydrogens (tertiary/aromatic N) is 2. The Labute approximate surface area is 141 Å². The summed E-state index contributed by atoms with van der Waals surface area (Å²) in [5.41, 5.74) is 7.83. The van der Waals surface area contributed by atoms with Crippen molar-refractivity contribution in [2.24, 2.45) is 0 Å². The summed E-state index contributed by atoms with van der Waals surface area (Å²) in [6.07, 6.45) is 1.44. The first kappa shape index (κ1) is 15.2. The second-order valence-corrected chi connectivity index (χ2v) is 5.68. The molecule has 2 aromatic carbocycles. The molecule has 0 aliphatic heterocycles. The molecule has 0 aliphatic carbocycles. The molecule has 5 nitrogen and oxygen atoms in total. The van der Waals surface area contributed by atoms with Crippen molar-refractivity contribution in [2.75, 3.05) is 11.1 Å². The van der Waals surface area contributed by atoms with E-state index in [4.69, 9.17) is 28.9 Å². The normalized spacial score (nSPS) is 10.5. The average molecular weight is 345 g/mol. The molecule has 114 valence electrons. The van der Waals surface area contributed by atoms with E-state index in [0.717, 1.165) is 0 Å². The number of halogens is 2. The number of nitrogen functional groups attached to an aromatic ring is 1. The van der Waals surface area contributed by atoms with Crippen molar-refractivity contribution in [3.8, 4) is 11.8 Å². The highest BCUT2D eigenvalue weighted by Gasteiger charge is 2.13. The molecule has 1 heterocycles. The quantitative estimate of drug-likeness (QED) is 0.471. The predicted molar refractivity (Wildman–Crippen MR) is 92.3 cm³/mol. The van der Waals surface area contributed by atoms with Gasteiger partial charge in [-0.1, -0.05) is 23.2 Å². The zero-order chi connectivity index (χ0) is 16.6. The number of anilines is 3. The minimum absolute atomic E-state index is 0.0837. The van der Waals surface area contributed by atoms with E-state index in [9.17, 15) is 10.4 Å². The number of pyridine rings is 1. The fraction of sp³-hybridized carbons (Fsp3) is 0. The summed E-state index contributed by atoms with van der Waals surface area (Å²) in [6, 6.07) is 10.0. The Hall–Kier alpha value is -2.68. The molecule has 0 aliphatic rings. The van der Waals surface area contributed by atoms with Gasteiger partial charge in [-0.15, -0.1) is 0 Å². The molecule has 23 heavy (non-hydrogen) atoms. The van der Waals surface area contributed by atoms with E-state index < -0.39 is 0 Å². The minimum atomic E-state index is -0.0837. The van der Waals surface area contributed by atoms with Crippen LogP contribution in [0.1, 0.15) is 5.56 Å². The molecule has 7 heteroatoms. The fourth-order valence-electron chi connectivity index (χ4n) is 2.19. The number of aromatic hydroxyl groups is 1. The molecule has 0 amide bonds. The van der Waals surface area contributed by atoms with Crippen LogP contribution in [0.25, 0.3) is 10.9 Å². The van der Waals surface area contributed by atoms with Gasteiger partial charge in [0.15, 0.2) is 0 Å². The predicted octanol–water partition coefficient (Wildman–Crippen LogP) is 4.44. The van der Waals surface area contributed by atoms with Crippen LogP contribution in [0.3, 0.4) is 0 Å². The first-order chi connectivity index (χ1) is 11.0. The van der Waals surface area contributed by atoms with Crippen LogP contribution in [0.4, 0.5) is 17.1 Å². The van der Waals surface area contributed by atoms with Gasteiger partial charge < -0.3 is 16.2 Å². The number of nitrogens with one attached hydrogen (secondary N) is 1. The SMILES string of the molecule is N#Cc1cnc2cc(N)c(O)cc2c1Nc1ccc(Cl)cc1Cl. The van der Waals surface area contributed by atoms with Gasteiger partial charge in [-0.3, -0.25) is 4.98 Å². The average Bonchev–Trinajstić information content (AvgIpc) is 2.51. The Morgan fingerprint density at radius 3 is 2.70 bits per heavy atom. The molecule has 0 saturated heterocycles. The lowest BCUT2D eigenvalue weighted by molar-refractivity contribution is 0.479. The summed E-state index contributed by atoms with van der Waals surface area (Å²) in [4.78, 5) is 4.19. The molecular formula is C16H10Cl2N4O. The highest BCUT2D eigenvalue weighted by Crippen LogP contribution is 2.36. The molecule has 3 aromatic rings. The molecule has 0 bridgehead atoms. The largest absolute Gasteiger partial charge is 0.506 e. The Balaban J connectivity index is 2.22. The Morgan fingerprint density at radius 1 is 1.22 bits per heavy atom. The summed E-state index contributed by atoms with van der Waals surface area (Å²) in [5.74, 6) is -0.0837. The number of aromatic nitrogens is 1. The molecule has 0 fully saturated rings. The summed E-state index contributed by atoms with van der Waals surface area (Å²) in [7, 11) is 0. The number of benzene rings is 2. The Kier molecular flexibility index (Phi) is 3.87. The fourth-order valence-corrected chi connectivity index (χ4v) is 2.64. The van der Waals surface area contributed by atoms with Crippen LogP contribution in [0.2, 0.25) is 10.0 Å². The molecule has 0 unspecified atom stereocenters. The molecule has 0 saturated carbocycles. The number of nitrogens with two attached hydrogens (primary N) is 1. The highest BCUT2D eigenvalue weighted by molar-refractivity contribution is 6.36. The smallest absolute Gasteiger partial charge is 0.139 e. The number of rotatable bonds is 2. The van der Waals surface area contributed by atoms with Crippen molar-refractivity contribution in [1.29, 1.82) is 5.26 Å². The van der Waals surface area contributed by atoms with E-state index >= 15 is 0 Å². The zero-order valence-electron chi connectivity index (χ0n) is 11.6. The number of nitriles is 1. The van der Waals surface area contributed by atoms with Crippen molar-refractivity contribution in [1.82, 2.24) is 4.98 Å². The van der Waals surface area contributed by atoms with Crippen molar-refractivity contribution >= 4 is 51.2 Å². The molecule has 3 rings (SSSR count). The summed E-state index contributed by atoms with van der Waals surface area (Å²) in [6.45, 7) is 0. The molecule has 0 spiro atoms. The van der Waals surface area contributed by atoms with Gasteiger partial charge in [0.05, 0.1) is 33.2 Å². The lowest BCUT2D eigenvalue weighted by atomic mass is 10.1. The lowest BCUT2D eigenvalue weighted by Crippen LogP contribution is -1.98. The Morgan fingerprint density at radius 2 is 2.00 bits per heavy atom. The number of hydrogen-bond donors (Lipinski definition) is 3. The topological polar surface area (TPSA) is 95.0 Å². The van der Waals surface area contributed by atoms with E-state index in [1.807, 2.05) is 0 Å². The standard InChI is InChI=1S/C16H10Cl2N4O/c17-9-1-2-13(11(18)3-9)22-16-8(6-19)7-21-14-5-12(20)15(23)4-10(14)16/h1-5,7,23H,20H2,(H,21,22). The van der Waals surface area contributed by atoms with E-state index in [-0.39, 0.29) is 11.4 Å². The summed E-state index contributed by atoms with van der Waals surface area (Å²) in [5, 5.41) is 23.8. The maximum absolute atomic E-state index is 9.86. The number of phenolic OH excluding ortho intramolecular Hbond substituents is 1. The monoisotopic (exact) mass is 344 g/mol. The summed E-state index contributed by atoms with van der Waals surface area (Å²) >= 11 is 12.1. The van der Waals surface area contributed by atoms with Crippen LogP contribution < -0.4 is 11.1 Å². The second kappa shape index (κ2) is 5.84. The van der Waals surface area contributed by atoms with Crippen molar-refractivity contribution < 1.29 is 5.11 Å². The zero-order valence-corrected chi connectivity index (χ0v) is 13.2. The first-order valence-electron chi connectivity index (χ1n) is 6.53. The van der Waals surface area contributed by atoms with Crippen LogP contribution >= 0.6 is 23.2 Å². The van der Waals surface area contributed by atoms with E-state index in [1.54, 1.807) is 24.3 Å². The first-order valence-corrected chi connectivity index (χ1v) is 7.28. The Bertz CT molecular complexity index is 966. The maximum Gasteiger partial charge on any atom is 0.139 e. The van der Waals surface area contributed by atoms with Crippen LogP contribution in [0.15, 0.2) is 36.5 Å². The van der Waals surface area contributed by atoms with E-state index in [1.165, 1.54) is 12.3 Å².